The molecule has 0 saturated carbocycles. The zero-order valence-electron chi connectivity index (χ0n) is 13.6. The normalized spacial score (nSPS) is 10.3. The van der Waals surface area contributed by atoms with Gasteiger partial charge in [0.2, 0.25) is 0 Å². The third-order valence-electron chi connectivity index (χ3n) is 3.24. The Kier molecular flexibility index (Phi) is 8.96. The van der Waals surface area contributed by atoms with Gasteiger partial charge in [-0.3, -0.25) is 9.59 Å². The quantitative estimate of drug-likeness (QED) is 0.358. The Morgan fingerprint density at radius 1 is 0.773 bits per heavy atom. The van der Waals surface area contributed by atoms with E-state index in [9.17, 15) is 9.59 Å². The van der Waals surface area contributed by atoms with Crippen molar-refractivity contribution in [3.63, 3.8) is 0 Å². The van der Waals surface area contributed by atoms with Crippen molar-refractivity contribution >= 4 is 11.9 Å². The van der Waals surface area contributed by atoms with E-state index in [1.165, 1.54) is 12.8 Å². The van der Waals surface area contributed by atoms with Gasteiger partial charge in [-0.15, -0.1) is 0 Å². The van der Waals surface area contributed by atoms with Gasteiger partial charge in [-0.1, -0.05) is 51.7 Å². The summed E-state index contributed by atoms with van der Waals surface area (Å²) in [7, 11) is 0. The van der Waals surface area contributed by atoms with Crippen LogP contribution >= 0.6 is 0 Å². The van der Waals surface area contributed by atoms with E-state index in [1.807, 2.05) is 6.92 Å². The molecule has 0 aliphatic carbocycles. The monoisotopic (exact) mass is 306 g/mol. The number of benzene rings is 1. The maximum atomic E-state index is 11.8. The number of hydrogen-bond donors (Lipinski definition) is 0. The molecule has 0 aliphatic heterocycles. The Balaban J connectivity index is 2.47. The highest BCUT2D eigenvalue weighted by atomic mass is 16.6. The topological polar surface area (TPSA) is 52.6 Å². The summed E-state index contributed by atoms with van der Waals surface area (Å²) in [6, 6.07) is 6.78. The highest BCUT2D eigenvalue weighted by Crippen LogP contribution is 2.27. The number of carbonyl (C=O) groups excluding carboxylic acids is 2. The van der Waals surface area contributed by atoms with Crippen molar-refractivity contribution < 1.29 is 19.1 Å². The lowest BCUT2D eigenvalue weighted by atomic mass is 10.1. The second kappa shape index (κ2) is 10.8. The molecule has 0 atom stereocenters. The maximum absolute atomic E-state index is 11.8. The van der Waals surface area contributed by atoms with Gasteiger partial charge in [0, 0.05) is 12.8 Å². The molecule has 0 amide bonds. The molecule has 1 aromatic carbocycles. The molecule has 4 nitrogen and oxygen atoms in total. The van der Waals surface area contributed by atoms with Crippen LogP contribution in [0.15, 0.2) is 24.3 Å². The number of unbranched alkanes of at least 4 members (excludes halogenated alkanes) is 4. The van der Waals surface area contributed by atoms with E-state index in [0.717, 1.165) is 25.7 Å². The molecule has 0 bridgehead atoms. The first-order chi connectivity index (χ1) is 10.7. The van der Waals surface area contributed by atoms with Gasteiger partial charge in [0.05, 0.1) is 0 Å². The van der Waals surface area contributed by atoms with Crippen LogP contribution in [0.3, 0.4) is 0 Å². The number of esters is 2. The highest BCUT2D eigenvalue weighted by Gasteiger charge is 2.12. The lowest BCUT2D eigenvalue weighted by Crippen LogP contribution is -2.11. The first-order valence-corrected chi connectivity index (χ1v) is 8.17. The fraction of sp³-hybridized carbons (Fsp3) is 0.556. The van der Waals surface area contributed by atoms with Crippen LogP contribution in [0.2, 0.25) is 0 Å². The van der Waals surface area contributed by atoms with Gasteiger partial charge in [-0.05, 0) is 25.0 Å². The number of carbonyl (C=O) groups is 2. The van der Waals surface area contributed by atoms with Crippen molar-refractivity contribution in [2.45, 2.75) is 65.2 Å². The molecular formula is C18H26O4. The summed E-state index contributed by atoms with van der Waals surface area (Å²) in [5, 5.41) is 0. The van der Waals surface area contributed by atoms with Gasteiger partial charge < -0.3 is 9.47 Å². The molecule has 0 heterocycles. The van der Waals surface area contributed by atoms with E-state index < -0.39 is 0 Å². The van der Waals surface area contributed by atoms with Crippen molar-refractivity contribution in [1.82, 2.24) is 0 Å². The molecule has 0 N–H and O–H groups in total. The fourth-order valence-electron chi connectivity index (χ4n) is 2.04. The first-order valence-electron chi connectivity index (χ1n) is 8.17. The van der Waals surface area contributed by atoms with E-state index in [4.69, 9.17) is 9.47 Å². The number of para-hydroxylation sites is 2. The molecule has 0 fully saturated rings. The van der Waals surface area contributed by atoms with Crippen LogP contribution in [0.1, 0.15) is 65.2 Å². The van der Waals surface area contributed by atoms with Gasteiger partial charge >= 0.3 is 11.9 Å². The van der Waals surface area contributed by atoms with E-state index in [0.29, 0.717) is 24.3 Å². The Hall–Kier alpha value is -1.84. The lowest BCUT2D eigenvalue weighted by Gasteiger charge is -2.10. The molecule has 0 radical (unpaired) electrons. The number of hydrogen-bond acceptors (Lipinski definition) is 4. The minimum Gasteiger partial charge on any atom is -0.423 e. The van der Waals surface area contributed by atoms with Gasteiger partial charge in [-0.25, -0.2) is 0 Å². The summed E-state index contributed by atoms with van der Waals surface area (Å²) >= 11 is 0. The minimum atomic E-state index is -0.314. The van der Waals surface area contributed by atoms with Crippen LogP contribution in [0.25, 0.3) is 0 Å². The Morgan fingerprint density at radius 2 is 1.32 bits per heavy atom. The van der Waals surface area contributed by atoms with Crippen molar-refractivity contribution in [3.8, 4) is 11.5 Å². The van der Waals surface area contributed by atoms with E-state index in [1.54, 1.807) is 24.3 Å². The largest absolute Gasteiger partial charge is 0.423 e. The minimum absolute atomic E-state index is 0.282. The molecule has 4 heteroatoms. The van der Waals surface area contributed by atoms with Gasteiger partial charge in [0.1, 0.15) is 0 Å². The molecule has 122 valence electrons. The third kappa shape index (κ3) is 7.25. The Morgan fingerprint density at radius 3 is 1.86 bits per heavy atom. The second-order valence-corrected chi connectivity index (χ2v) is 5.31. The van der Waals surface area contributed by atoms with Crippen LogP contribution in [-0.4, -0.2) is 11.9 Å². The lowest BCUT2D eigenvalue weighted by molar-refractivity contribution is -0.137. The average Bonchev–Trinajstić information content (AvgIpc) is 2.49. The van der Waals surface area contributed by atoms with Crippen LogP contribution in [0.4, 0.5) is 0 Å². The van der Waals surface area contributed by atoms with Crippen molar-refractivity contribution in [1.29, 1.82) is 0 Å². The number of ether oxygens (including phenoxy) is 2. The fourth-order valence-corrected chi connectivity index (χ4v) is 2.04. The summed E-state index contributed by atoms with van der Waals surface area (Å²) in [6.07, 6.45) is 6.85. The summed E-state index contributed by atoms with van der Waals surface area (Å²) in [5.41, 5.74) is 0. The van der Waals surface area contributed by atoms with E-state index in [2.05, 4.69) is 6.92 Å². The second-order valence-electron chi connectivity index (χ2n) is 5.31. The van der Waals surface area contributed by atoms with Gasteiger partial charge in [-0.2, -0.15) is 0 Å². The maximum Gasteiger partial charge on any atom is 0.311 e. The zero-order valence-corrected chi connectivity index (χ0v) is 13.6. The molecule has 1 rings (SSSR count). The smallest absolute Gasteiger partial charge is 0.311 e. The molecule has 1 aromatic rings. The number of rotatable bonds is 10. The van der Waals surface area contributed by atoms with Crippen LogP contribution in [-0.2, 0) is 9.59 Å². The Labute approximate surface area is 132 Å². The SMILES string of the molecule is CCCCCCCC(=O)Oc1ccccc1OC(=O)CCC. The van der Waals surface area contributed by atoms with Crippen LogP contribution in [0.5, 0.6) is 11.5 Å². The first kappa shape index (κ1) is 18.2. The van der Waals surface area contributed by atoms with Crippen molar-refractivity contribution in [2.24, 2.45) is 0 Å². The Bertz CT molecular complexity index is 468. The standard InChI is InChI=1S/C18H26O4/c1-3-5-6-7-8-14-18(20)22-16-13-10-9-12-15(16)21-17(19)11-4-2/h9-10,12-13H,3-8,11,14H2,1-2H3. The van der Waals surface area contributed by atoms with Crippen molar-refractivity contribution in [3.05, 3.63) is 24.3 Å². The highest BCUT2D eigenvalue weighted by molar-refractivity contribution is 5.76. The molecule has 0 unspecified atom stereocenters. The summed E-state index contributed by atoms with van der Waals surface area (Å²) in [6.45, 7) is 4.07. The third-order valence-corrected chi connectivity index (χ3v) is 3.24. The van der Waals surface area contributed by atoms with Gasteiger partial charge in [0.15, 0.2) is 11.5 Å². The van der Waals surface area contributed by atoms with Crippen LogP contribution < -0.4 is 9.47 Å². The molecule has 0 spiro atoms. The van der Waals surface area contributed by atoms with Crippen LogP contribution in [0, 0.1) is 0 Å². The zero-order chi connectivity index (χ0) is 16.2. The van der Waals surface area contributed by atoms with E-state index >= 15 is 0 Å². The van der Waals surface area contributed by atoms with Gasteiger partial charge in [0.25, 0.3) is 0 Å². The molecule has 0 aromatic heterocycles. The average molecular weight is 306 g/mol. The molecule has 0 aliphatic rings. The molecular weight excluding hydrogens is 280 g/mol. The van der Waals surface area contributed by atoms with E-state index in [-0.39, 0.29) is 11.9 Å². The summed E-state index contributed by atoms with van der Waals surface area (Å²) < 4.78 is 10.5. The molecule has 22 heavy (non-hydrogen) atoms. The van der Waals surface area contributed by atoms with Crippen molar-refractivity contribution in [2.75, 3.05) is 0 Å². The predicted octanol–water partition coefficient (Wildman–Crippen LogP) is 4.66. The summed E-state index contributed by atoms with van der Waals surface area (Å²) in [4.78, 5) is 23.4. The molecule has 0 saturated heterocycles. The predicted molar refractivity (Wildman–Crippen MR) is 86.0 cm³/mol. The summed E-state index contributed by atoms with van der Waals surface area (Å²) in [5.74, 6) is 0.0202.